The van der Waals surface area contributed by atoms with Crippen LogP contribution in [0.1, 0.15) is 48.0 Å². The topological polar surface area (TPSA) is 88.4 Å². The summed E-state index contributed by atoms with van der Waals surface area (Å²) in [5.74, 6) is -0.775. The van der Waals surface area contributed by atoms with Crippen molar-refractivity contribution in [1.82, 2.24) is 19.9 Å². The molecular formula is C22H21ClFN5O2. The zero-order valence-corrected chi connectivity index (χ0v) is 17.7. The number of aryl methyl sites for hydroxylation is 1. The van der Waals surface area contributed by atoms with Gasteiger partial charge in [-0.05, 0) is 62.8 Å². The van der Waals surface area contributed by atoms with Gasteiger partial charge in [0.1, 0.15) is 11.4 Å². The van der Waals surface area contributed by atoms with Crippen molar-refractivity contribution in [2.75, 3.05) is 5.32 Å². The van der Waals surface area contributed by atoms with Gasteiger partial charge < -0.3 is 10.6 Å². The van der Waals surface area contributed by atoms with E-state index in [1.54, 1.807) is 36.0 Å². The van der Waals surface area contributed by atoms with Crippen molar-refractivity contribution in [3.63, 3.8) is 0 Å². The molecule has 2 aliphatic carbocycles. The van der Waals surface area contributed by atoms with Gasteiger partial charge in [0.2, 0.25) is 5.91 Å². The van der Waals surface area contributed by atoms with Crippen LogP contribution in [0, 0.1) is 18.2 Å². The third-order valence-electron chi connectivity index (χ3n) is 6.72. The number of benzene rings is 1. The summed E-state index contributed by atoms with van der Waals surface area (Å²) in [6, 6.07) is 4.50. The van der Waals surface area contributed by atoms with Crippen LogP contribution in [0.3, 0.4) is 0 Å². The van der Waals surface area contributed by atoms with Crippen molar-refractivity contribution in [2.24, 2.45) is 5.41 Å². The lowest BCUT2D eigenvalue weighted by atomic mass is 9.83. The van der Waals surface area contributed by atoms with E-state index in [4.69, 9.17) is 11.6 Å². The molecule has 9 heteroatoms. The van der Waals surface area contributed by atoms with E-state index in [0.29, 0.717) is 41.7 Å². The summed E-state index contributed by atoms with van der Waals surface area (Å²) in [5, 5.41) is 10.4. The van der Waals surface area contributed by atoms with Gasteiger partial charge in [-0.15, -0.1) is 0 Å². The van der Waals surface area contributed by atoms with Crippen LogP contribution in [0.5, 0.6) is 0 Å². The van der Waals surface area contributed by atoms with Gasteiger partial charge in [0, 0.05) is 17.9 Å². The van der Waals surface area contributed by atoms with E-state index < -0.39 is 16.8 Å². The Balaban J connectivity index is 1.33. The van der Waals surface area contributed by atoms with Gasteiger partial charge in [-0.1, -0.05) is 11.6 Å². The molecule has 5 rings (SSSR count). The minimum Gasteiger partial charge on any atom is -0.346 e. The van der Waals surface area contributed by atoms with Crippen molar-refractivity contribution >= 4 is 34.7 Å². The highest BCUT2D eigenvalue weighted by Gasteiger charge is 2.58. The Morgan fingerprint density at radius 2 is 2.00 bits per heavy atom. The molecule has 2 amide bonds. The molecule has 3 aromatic rings. The predicted molar refractivity (Wildman–Crippen MR) is 113 cm³/mol. The first-order valence-corrected chi connectivity index (χ1v) is 10.6. The fourth-order valence-electron chi connectivity index (χ4n) is 4.99. The lowest BCUT2D eigenvalue weighted by Crippen LogP contribution is -2.45. The van der Waals surface area contributed by atoms with Crippen LogP contribution >= 0.6 is 11.6 Å². The second kappa shape index (κ2) is 7.02. The Kier molecular flexibility index (Phi) is 4.51. The molecule has 2 saturated carbocycles. The van der Waals surface area contributed by atoms with Gasteiger partial charge in [0.05, 0.1) is 22.3 Å². The highest BCUT2D eigenvalue weighted by atomic mass is 35.5. The Hall–Kier alpha value is -3.00. The van der Waals surface area contributed by atoms with Gasteiger partial charge >= 0.3 is 0 Å². The molecule has 0 spiro atoms. The maximum atomic E-state index is 13.7. The highest BCUT2D eigenvalue weighted by Crippen LogP contribution is 2.57. The molecule has 2 aliphatic rings. The number of aromatic nitrogens is 3. The van der Waals surface area contributed by atoms with Crippen LogP contribution in [-0.2, 0) is 4.79 Å². The van der Waals surface area contributed by atoms with E-state index in [0.717, 1.165) is 12.8 Å². The molecule has 2 heterocycles. The SMILES string of the molecule is Cc1cc(NC(=O)C23CCC(NC(=O)c4cnn5cccnc45)(CC2)C3)c(Cl)cc1F. The molecule has 7 nitrogen and oxygen atoms in total. The molecular weight excluding hydrogens is 421 g/mol. The van der Waals surface area contributed by atoms with E-state index >= 15 is 0 Å². The third kappa shape index (κ3) is 3.26. The first-order chi connectivity index (χ1) is 14.8. The molecule has 0 radical (unpaired) electrons. The Morgan fingerprint density at radius 3 is 2.77 bits per heavy atom. The van der Waals surface area contributed by atoms with Gasteiger partial charge in [0.25, 0.3) is 5.91 Å². The second-order valence-corrected chi connectivity index (χ2v) is 9.08. The summed E-state index contributed by atoms with van der Waals surface area (Å²) in [6.07, 6.45) is 8.20. The van der Waals surface area contributed by atoms with E-state index in [1.807, 2.05) is 0 Å². The number of rotatable bonds is 4. The fourth-order valence-corrected chi connectivity index (χ4v) is 5.19. The van der Waals surface area contributed by atoms with Crippen LogP contribution in [0.15, 0.2) is 36.8 Å². The van der Waals surface area contributed by atoms with Gasteiger partial charge in [-0.25, -0.2) is 13.9 Å². The molecule has 0 unspecified atom stereocenters. The van der Waals surface area contributed by atoms with E-state index in [9.17, 15) is 14.0 Å². The zero-order chi connectivity index (χ0) is 21.8. The number of anilines is 1. The predicted octanol–water partition coefficient (Wildman–Crippen LogP) is 3.90. The summed E-state index contributed by atoms with van der Waals surface area (Å²) < 4.78 is 15.2. The zero-order valence-electron chi connectivity index (χ0n) is 16.9. The molecule has 2 bridgehead atoms. The average Bonchev–Trinajstić information content (AvgIpc) is 3.44. The first-order valence-electron chi connectivity index (χ1n) is 10.2. The van der Waals surface area contributed by atoms with Crippen molar-refractivity contribution in [3.8, 4) is 0 Å². The molecule has 1 aromatic carbocycles. The lowest BCUT2D eigenvalue weighted by molar-refractivity contribution is -0.125. The van der Waals surface area contributed by atoms with E-state index in [-0.39, 0.29) is 16.8 Å². The summed E-state index contributed by atoms with van der Waals surface area (Å²) in [4.78, 5) is 30.4. The smallest absolute Gasteiger partial charge is 0.257 e. The van der Waals surface area contributed by atoms with Crippen LogP contribution < -0.4 is 10.6 Å². The summed E-state index contributed by atoms with van der Waals surface area (Å²) in [5.41, 5.74) is 0.734. The molecule has 2 aromatic heterocycles. The minimum absolute atomic E-state index is 0.133. The van der Waals surface area contributed by atoms with E-state index in [1.165, 1.54) is 12.3 Å². The van der Waals surface area contributed by atoms with Crippen molar-refractivity contribution < 1.29 is 14.0 Å². The quantitative estimate of drug-likeness (QED) is 0.642. The maximum Gasteiger partial charge on any atom is 0.257 e. The normalized spacial score (nSPS) is 24.5. The largest absolute Gasteiger partial charge is 0.346 e. The number of carbonyl (C=O) groups is 2. The van der Waals surface area contributed by atoms with Crippen molar-refractivity contribution in [1.29, 1.82) is 0 Å². The monoisotopic (exact) mass is 441 g/mol. The number of fused-ring (bicyclic) bond motifs is 3. The fraction of sp³-hybridized carbons (Fsp3) is 0.364. The van der Waals surface area contributed by atoms with Crippen LogP contribution in [0.4, 0.5) is 10.1 Å². The molecule has 2 N–H and O–H groups in total. The van der Waals surface area contributed by atoms with Gasteiger partial charge in [0.15, 0.2) is 5.65 Å². The molecule has 0 saturated heterocycles. The van der Waals surface area contributed by atoms with Crippen LogP contribution in [0.25, 0.3) is 5.65 Å². The molecule has 0 aliphatic heterocycles. The number of hydrogen-bond donors (Lipinski definition) is 2. The average molecular weight is 442 g/mol. The van der Waals surface area contributed by atoms with Gasteiger partial charge in [-0.2, -0.15) is 5.10 Å². The number of nitrogens with one attached hydrogen (secondary N) is 2. The number of halogens is 2. The Labute approximate surface area is 183 Å². The Morgan fingerprint density at radius 1 is 1.23 bits per heavy atom. The van der Waals surface area contributed by atoms with Crippen molar-refractivity contribution in [2.45, 2.75) is 44.6 Å². The Bertz CT molecular complexity index is 1220. The van der Waals surface area contributed by atoms with Gasteiger partial charge in [-0.3, -0.25) is 9.59 Å². The molecule has 2 fully saturated rings. The summed E-state index contributed by atoms with van der Waals surface area (Å²) >= 11 is 6.13. The van der Waals surface area contributed by atoms with Crippen molar-refractivity contribution in [3.05, 3.63) is 58.8 Å². The standard InChI is InChI=1S/C22H21ClFN5O2/c1-13-9-17(15(23)10-16(13)24)27-20(31)21-3-5-22(12-21,6-4-21)28-19(30)14-11-26-29-8-2-7-25-18(14)29/h2,7-11H,3-6,12H2,1H3,(H,27,31)(H,28,30). The molecule has 0 atom stereocenters. The van der Waals surface area contributed by atoms with E-state index in [2.05, 4.69) is 20.7 Å². The third-order valence-corrected chi connectivity index (χ3v) is 7.03. The number of nitrogens with zero attached hydrogens (tertiary/aromatic N) is 3. The second-order valence-electron chi connectivity index (χ2n) is 8.67. The highest BCUT2D eigenvalue weighted by molar-refractivity contribution is 6.33. The summed E-state index contributed by atoms with van der Waals surface area (Å²) in [7, 11) is 0. The summed E-state index contributed by atoms with van der Waals surface area (Å²) in [6.45, 7) is 1.63. The number of hydrogen-bond acceptors (Lipinski definition) is 4. The lowest BCUT2D eigenvalue weighted by Gasteiger charge is -2.28. The number of carbonyl (C=O) groups excluding carboxylic acids is 2. The van der Waals surface area contributed by atoms with Crippen LogP contribution in [0.2, 0.25) is 5.02 Å². The van der Waals surface area contributed by atoms with Crippen LogP contribution in [-0.4, -0.2) is 32.0 Å². The maximum absolute atomic E-state index is 13.7. The number of amides is 2. The minimum atomic E-state index is -0.571. The molecule has 31 heavy (non-hydrogen) atoms. The first kappa shape index (κ1) is 19.9. The molecule has 160 valence electrons.